The van der Waals surface area contributed by atoms with Gasteiger partial charge in [-0.3, -0.25) is 9.59 Å². The first-order valence-corrected chi connectivity index (χ1v) is 7.99. The van der Waals surface area contributed by atoms with Gasteiger partial charge in [-0.25, -0.2) is 0 Å². The number of Topliss-reactive ketones (excluding diaryl/α,β-unsaturated/α-hetero) is 1. The van der Waals surface area contributed by atoms with Gasteiger partial charge >= 0.3 is 5.97 Å². The number of benzene rings is 1. The second-order valence-electron chi connectivity index (χ2n) is 4.83. The van der Waals surface area contributed by atoms with Gasteiger partial charge < -0.3 is 4.74 Å². The van der Waals surface area contributed by atoms with Gasteiger partial charge in [0.15, 0.2) is 0 Å². The number of carbonyl (C=O) groups is 2. The van der Waals surface area contributed by atoms with Crippen LogP contribution in [0.1, 0.15) is 36.5 Å². The summed E-state index contributed by atoms with van der Waals surface area (Å²) in [6.45, 7) is 6.28. The smallest absolute Gasteiger partial charge is 0.306 e. The molecule has 0 fully saturated rings. The summed E-state index contributed by atoms with van der Waals surface area (Å²) in [5.41, 5.74) is 3.73. The predicted octanol–water partition coefficient (Wildman–Crippen LogP) is 3.45. The third-order valence-corrected chi connectivity index (χ3v) is 3.79. The molecule has 0 heterocycles. The normalized spacial score (nSPS) is 10.3. The number of aryl methyl sites for hydroxylation is 2. The van der Waals surface area contributed by atoms with Crippen LogP contribution in [0.2, 0.25) is 0 Å². The molecule has 0 saturated heterocycles. The van der Waals surface area contributed by atoms with E-state index in [1.54, 1.807) is 18.7 Å². The van der Waals surface area contributed by atoms with Crippen molar-refractivity contribution in [2.45, 2.75) is 39.4 Å². The summed E-state index contributed by atoms with van der Waals surface area (Å²) in [5, 5.41) is 0. The number of thioether (sulfide) groups is 1. The van der Waals surface area contributed by atoms with Gasteiger partial charge in [0.05, 0.1) is 18.8 Å². The van der Waals surface area contributed by atoms with Crippen molar-refractivity contribution < 1.29 is 14.3 Å². The summed E-state index contributed by atoms with van der Waals surface area (Å²) in [6, 6.07) is 6.42. The predicted molar refractivity (Wildman–Crippen MR) is 83.0 cm³/mol. The SMILES string of the molecule is CCOC(=O)CCC(=O)CSCc1cc(C)cc(C)c1. The second kappa shape index (κ2) is 8.80. The van der Waals surface area contributed by atoms with Crippen molar-refractivity contribution in [3.8, 4) is 0 Å². The van der Waals surface area contributed by atoms with Gasteiger partial charge in [0.25, 0.3) is 0 Å². The molecular formula is C16H22O3S. The van der Waals surface area contributed by atoms with Crippen molar-refractivity contribution in [1.29, 1.82) is 0 Å². The first-order valence-electron chi connectivity index (χ1n) is 6.83. The first-order chi connectivity index (χ1) is 9.51. The molecule has 0 aliphatic heterocycles. The van der Waals surface area contributed by atoms with Crippen LogP contribution in [0.25, 0.3) is 0 Å². The lowest BCUT2D eigenvalue weighted by molar-refractivity contribution is -0.144. The van der Waals surface area contributed by atoms with Crippen molar-refractivity contribution in [2.75, 3.05) is 12.4 Å². The molecular weight excluding hydrogens is 272 g/mol. The zero-order valence-electron chi connectivity index (χ0n) is 12.4. The van der Waals surface area contributed by atoms with E-state index in [9.17, 15) is 9.59 Å². The van der Waals surface area contributed by atoms with E-state index in [-0.39, 0.29) is 24.6 Å². The van der Waals surface area contributed by atoms with Gasteiger partial charge in [-0.15, -0.1) is 11.8 Å². The third-order valence-electron chi connectivity index (χ3n) is 2.73. The number of hydrogen-bond acceptors (Lipinski definition) is 4. The molecule has 0 atom stereocenters. The fourth-order valence-electron chi connectivity index (χ4n) is 1.98. The fraction of sp³-hybridized carbons (Fsp3) is 0.500. The summed E-state index contributed by atoms with van der Waals surface area (Å²) < 4.78 is 4.79. The molecule has 0 bridgehead atoms. The Morgan fingerprint density at radius 3 is 2.35 bits per heavy atom. The van der Waals surface area contributed by atoms with Crippen LogP contribution in [0.3, 0.4) is 0 Å². The molecule has 1 aromatic rings. The summed E-state index contributed by atoms with van der Waals surface area (Å²) >= 11 is 1.60. The Morgan fingerprint density at radius 2 is 1.75 bits per heavy atom. The van der Waals surface area contributed by atoms with Crippen molar-refractivity contribution in [1.82, 2.24) is 0 Å². The van der Waals surface area contributed by atoms with Crippen molar-refractivity contribution in [3.63, 3.8) is 0 Å². The van der Waals surface area contributed by atoms with Crippen LogP contribution in [0, 0.1) is 13.8 Å². The minimum absolute atomic E-state index is 0.104. The highest BCUT2D eigenvalue weighted by Crippen LogP contribution is 2.16. The molecule has 20 heavy (non-hydrogen) atoms. The van der Waals surface area contributed by atoms with E-state index in [1.807, 2.05) is 0 Å². The number of esters is 1. The van der Waals surface area contributed by atoms with E-state index in [2.05, 4.69) is 32.0 Å². The maximum Gasteiger partial charge on any atom is 0.306 e. The van der Waals surface area contributed by atoms with E-state index in [4.69, 9.17) is 4.74 Å². The number of ketones is 1. The lowest BCUT2D eigenvalue weighted by Crippen LogP contribution is -2.09. The Labute approximate surface area is 125 Å². The Hall–Kier alpha value is -1.29. The fourth-order valence-corrected chi connectivity index (χ4v) is 2.86. The number of hydrogen-bond donors (Lipinski definition) is 0. The monoisotopic (exact) mass is 294 g/mol. The van der Waals surface area contributed by atoms with Crippen LogP contribution in [-0.4, -0.2) is 24.1 Å². The molecule has 0 N–H and O–H groups in total. The van der Waals surface area contributed by atoms with Crippen LogP contribution < -0.4 is 0 Å². The minimum Gasteiger partial charge on any atom is -0.466 e. The van der Waals surface area contributed by atoms with E-state index in [1.165, 1.54) is 16.7 Å². The quantitative estimate of drug-likeness (QED) is 0.689. The van der Waals surface area contributed by atoms with Crippen LogP contribution in [-0.2, 0) is 20.1 Å². The van der Waals surface area contributed by atoms with E-state index in [0.717, 1.165) is 5.75 Å². The molecule has 1 aromatic carbocycles. The van der Waals surface area contributed by atoms with Gasteiger partial charge in [0.2, 0.25) is 0 Å². The molecule has 0 aliphatic rings. The molecule has 3 nitrogen and oxygen atoms in total. The van der Waals surface area contributed by atoms with Gasteiger partial charge in [-0.2, -0.15) is 0 Å². The average Bonchev–Trinajstić information content (AvgIpc) is 2.35. The zero-order valence-corrected chi connectivity index (χ0v) is 13.2. The second-order valence-corrected chi connectivity index (χ2v) is 5.82. The molecule has 1 rings (SSSR count). The van der Waals surface area contributed by atoms with E-state index in [0.29, 0.717) is 12.4 Å². The Balaban J connectivity index is 2.26. The minimum atomic E-state index is -0.292. The maximum absolute atomic E-state index is 11.6. The first kappa shape index (κ1) is 16.8. The summed E-state index contributed by atoms with van der Waals surface area (Å²) in [6.07, 6.45) is 0.468. The van der Waals surface area contributed by atoms with Gasteiger partial charge in [-0.05, 0) is 26.3 Å². The Morgan fingerprint density at radius 1 is 1.10 bits per heavy atom. The lowest BCUT2D eigenvalue weighted by Gasteiger charge is -2.05. The maximum atomic E-state index is 11.6. The third kappa shape index (κ3) is 6.75. The van der Waals surface area contributed by atoms with E-state index < -0.39 is 0 Å². The highest BCUT2D eigenvalue weighted by molar-refractivity contribution is 7.99. The van der Waals surface area contributed by atoms with Crippen molar-refractivity contribution in [2.24, 2.45) is 0 Å². The van der Waals surface area contributed by atoms with Crippen LogP contribution in [0.4, 0.5) is 0 Å². The summed E-state index contributed by atoms with van der Waals surface area (Å²) in [5.74, 6) is 1.09. The molecule has 4 heteroatoms. The molecule has 0 radical (unpaired) electrons. The zero-order chi connectivity index (χ0) is 15.0. The number of rotatable bonds is 8. The molecule has 0 saturated carbocycles. The summed E-state index contributed by atoms with van der Waals surface area (Å²) in [4.78, 5) is 22.8. The topological polar surface area (TPSA) is 43.4 Å². The van der Waals surface area contributed by atoms with Gasteiger partial charge in [0, 0.05) is 12.2 Å². The number of carbonyl (C=O) groups excluding carboxylic acids is 2. The Kier molecular flexibility index (Phi) is 7.37. The molecule has 0 aliphatic carbocycles. The average molecular weight is 294 g/mol. The lowest BCUT2D eigenvalue weighted by atomic mass is 10.1. The largest absolute Gasteiger partial charge is 0.466 e. The highest BCUT2D eigenvalue weighted by atomic mass is 32.2. The van der Waals surface area contributed by atoms with Crippen molar-refractivity contribution >= 4 is 23.5 Å². The molecule has 0 amide bonds. The standard InChI is InChI=1S/C16H22O3S/c1-4-19-16(18)6-5-15(17)11-20-10-14-8-12(2)7-13(3)9-14/h7-9H,4-6,10-11H2,1-3H3. The van der Waals surface area contributed by atoms with Gasteiger partial charge in [-0.1, -0.05) is 29.3 Å². The Bertz CT molecular complexity index is 449. The molecule has 0 unspecified atom stereocenters. The van der Waals surface area contributed by atoms with Crippen LogP contribution in [0.5, 0.6) is 0 Å². The van der Waals surface area contributed by atoms with Crippen LogP contribution >= 0.6 is 11.8 Å². The van der Waals surface area contributed by atoms with Gasteiger partial charge in [0.1, 0.15) is 5.78 Å². The molecule has 0 spiro atoms. The molecule has 0 aromatic heterocycles. The number of ether oxygens (including phenoxy) is 1. The van der Waals surface area contributed by atoms with E-state index >= 15 is 0 Å². The van der Waals surface area contributed by atoms with Crippen molar-refractivity contribution in [3.05, 3.63) is 34.9 Å². The van der Waals surface area contributed by atoms with Crippen LogP contribution in [0.15, 0.2) is 18.2 Å². The highest BCUT2D eigenvalue weighted by Gasteiger charge is 2.08. The molecule has 110 valence electrons. The summed E-state index contributed by atoms with van der Waals surface area (Å²) in [7, 11) is 0.